The number of methoxy groups -OCH3 is 2. The lowest BCUT2D eigenvalue weighted by molar-refractivity contribution is -0.121. The van der Waals surface area contributed by atoms with Crippen molar-refractivity contribution in [1.29, 1.82) is 0 Å². The number of para-hydroxylation sites is 2. The van der Waals surface area contributed by atoms with E-state index >= 15 is 0 Å². The van der Waals surface area contributed by atoms with Crippen molar-refractivity contribution in [2.75, 3.05) is 24.4 Å². The van der Waals surface area contributed by atoms with Crippen molar-refractivity contribution in [3.8, 4) is 11.5 Å². The van der Waals surface area contributed by atoms with Crippen molar-refractivity contribution in [1.82, 2.24) is 0 Å². The van der Waals surface area contributed by atoms with Gasteiger partial charge in [-0.15, -0.1) is 0 Å². The number of ketones is 2. The first-order chi connectivity index (χ1) is 20.5. The van der Waals surface area contributed by atoms with Crippen LogP contribution in [-0.4, -0.2) is 43.8 Å². The van der Waals surface area contributed by atoms with E-state index in [4.69, 9.17) is 9.47 Å². The van der Waals surface area contributed by atoms with Gasteiger partial charge in [0.15, 0.2) is 11.6 Å². The monoisotopic (exact) mass is 556 g/mol. The fraction of sp³-hybridized carbons (Fsp3) is 0.171. The van der Waals surface area contributed by atoms with Crippen LogP contribution < -0.4 is 19.7 Å². The second-order valence-corrected chi connectivity index (χ2v) is 10.7. The van der Waals surface area contributed by atoms with E-state index in [9.17, 15) is 14.4 Å². The van der Waals surface area contributed by atoms with Gasteiger partial charge in [-0.1, -0.05) is 48.6 Å². The van der Waals surface area contributed by atoms with Crippen molar-refractivity contribution < 1.29 is 23.9 Å². The van der Waals surface area contributed by atoms with Crippen LogP contribution in [-0.2, 0) is 10.2 Å². The first-order valence-electron chi connectivity index (χ1n) is 13.8. The molecule has 0 saturated carbocycles. The molecule has 1 N–H and O–H groups in total. The standard InChI is InChI=1S/C35H28N2O5/c1-41-24-16-11-22(12-17-24)32(38)30-31(33(39)23-13-18-25(42-2)19-14-23)37-28-10-6-3-7-21(28)15-20-29(37)35(30)26-8-4-5-9-27(26)36-34(35)40/h3-20,29-31H,1-2H3,(H,36,40)/t29?,30-,31+,35+/m0/s1. The van der Waals surface area contributed by atoms with Crippen LogP contribution in [0.15, 0.2) is 103 Å². The Labute approximate surface area is 243 Å². The molecule has 4 atom stereocenters. The Morgan fingerprint density at radius 2 is 1.36 bits per heavy atom. The number of nitrogens with one attached hydrogen (secondary N) is 1. The van der Waals surface area contributed by atoms with Gasteiger partial charge in [-0.05, 0) is 71.8 Å². The Balaban J connectivity index is 1.50. The van der Waals surface area contributed by atoms with Crippen LogP contribution in [0.2, 0.25) is 0 Å². The molecular formula is C35H28N2O5. The largest absolute Gasteiger partial charge is 0.497 e. The van der Waals surface area contributed by atoms with Crippen LogP contribution in [0.4, 0.5) is 11.4 Å². The number of anilines is 2. The van der Waals surface area contributed by atoms with Crippen LogP contribution in [0.5, 0.6) is 11.5 Å². The molecular weight excluding hydrogens is 528 g/mol. The highest BCUT2D eigenvalue weighted by atomic mass is 16.5. The summed E-state index contributed by atoms with van der Waals surface area (Å²) in [5, 5.41) is 3.06. The van der Waals surface area contributed by atoms with E-state index in [1.54, 1.807) is 62.8 Å². The van der Waals surface area contributed by atoms with E-state index in [0.717, 1.165) is 11.3 Å². The van der Waals surface area contributed by atoms with Gasteiger partial charge >= 0.3 is 0 Å². The summed E-state index contributed by atoms with van der Waals surface area (Å²) in [6.45, 7) is 0. The molecule has 3 aliphatic heterocycles. The number of carbonyl (C=O) groups excluding carboxylic acids is 3. The van der Waals surface area contributed by atoms with Crippen molar-refractivity contribution in [2.24, 2.45) is 5.92 Å². The predicted molar refractivity (Wildman–Crippen MR) is 160 cm³/mol. The summed E-state index contributed by atoms with van der Waals surface area (Å²) in [7, 11) is 3.13. The highest BCUT2D eigenvalue weighted by Crippen LogP contribution is 2.58. The number of Topliss-reactive ketones (excluding diaryl/α,β-unsaturated/α-hetero) is 2. The SMILES string of the molecule is COc1ccc(C(=O)[C@@H]2[C@H](C(=O)c3ccc(OC)cc3)N3c4ccccc4C=CC3[C@@]23C(=O)Nc2ccccc23)cc1. The quantitative estimate of drug-likeness (QED) is 0.313. The fourth-order valence-corrected chi connectivity index (χ4v) is 6.98. The van der Waals surface area contributed by atoms with E-state index in [2.05, 4.69) is 5.32 Å². The number of benzene rings is 4. The molecule has 3 aliphatic rings. The molecule has 7 rings (SSSR count). The average Bonchev–Trinajstić information content (AvgIpc) is 3.52. The minimum Gasteiger partial charge on any atom is -0.497 e. The normalized spacial score (nSPS) is 23.1. The molecule has 0 aromatic heterocycles. The molecule has 1 spiro atoms. The maximum absolute atomic E-state index is 14.8. The summed E-state index contributed by atoms with van der Waals surface area (Å²) in [5.74, 6) is -0.625. The van der Waals surface area contributed by atoms with Gasteiger partial charge in [0.2, 0.25) is 5.91 Å². The molecule has 1 amide bonds. The van der Waals surface area contributed by atoms with Crippen LogP contribution in [0.1, 0.15) is 31.8 Å². The highest BCUT2D eigenvalue weighted by Gasteiger charge is 2.70. The van der Waals surface area contributed by atoms with Gasteiger partial charge in [0.1, 0.15) is 23.0 Å². The minimum atomic E-state index is -1.36. The molecule has 42 heavy (non-hydrogen) atoms. The number of ether oxygens (including phenoxy) is 2. The number of fused-ring (bicyclic) bond motifs is 6. The van der Waals surface area contributed by atoms with Crippen molar-refractivity contribution in [3.05, 3.63) is 125 Å². The van der Waals surface area contributed by atoms with E-state index in [1.165, 1.54) is 0 Å². The van der Waals surface area contributed by atoms with E-state index in [1.807, 2.05) is 65.6 Å². The van der Waals surface area contributed by atoms with Gasteiger partial charge in [0.05, 0.1) is 26.2 Å². The van der Waals surface area contributed by atoms with Crippen LogP contribution in [0, 0.1) is 5.92 Å². The number of carbonyl (C=O) groups is 3. The van der Waals surface area contributed by atoms with Crippen molar-refractivity contribution in [3.63, 3.8) is 0 Å². The number of nitrogens with zero attached hydrogens (tertiary/aromatic N) is 1. The Hall–Kier alpha value is -5.17. The maximum atomic E-state index is 14.8. The summed E-state index contributed by atoms with van der Waals surface area (Å²) < 4.78 is 10.7. The van der Waals surface area contributed by atoms with Crippen LogP contribution in [0.3, 0.4) is 0 Å². The minimum absolute atomic E-state index is 0.242. The lowest BCUT2D eigenvalue weighted by Crippen LogP contribution is -2.51. The molecule has 7 nitrogen and oxygen atoms in total. The molecule has 1 saturated heterocycles. The molecule has 3 heterocycles. The number of rotatable bonds is 6. The highest BCUT2D eigenvalue weighted by molar-refractivity contribution is 6.18. The van der Waals surface area contributed by atoms with E-state index in [0.29, 0.717) is 33.9 Å². The zero-order valence-corrected chi connectivity index (χ0v) is 23.1. The second kappa shape index (κ2) is 9.73. The number of hydrogen-bond acceptors (Lipinski definition) is 6. The maximum Gasteiger partial charge on any atom is 0.238 e. The molecule has 208 valence electrons. The summed E-state index contributed by atoms with van der Waals surface area (Å²) in [4.78, 5) is 45.9. The molecule has 1 unspecified atom stereocenters. The predicted octanol–water partition coefficient (Wildman–Crippen LogP) is 5.56. The number of amides is 1. The Morgan fingerprint density at radius 1 is 0.762 bits per heavy atom. The zero-order chi connectivity index (χ0) is 29.0. The summed E-state index contributed by atoms with van der Waals surface area (Å²) in [6, 6.07) is 27.4. The third-order valence-electron chi connectivity index (χ3n) is 8.84. The molecule has 4 aromatic carbocycles. The van der Waals surface area contributed by atoms with Crippen molar-refractivity contribution >= 4 is 34.9 Å². The van der Waals surface area contributed by atoms with Gasteiger partial charge in [-0.2, -0.15) is 0 Å². The molecule has 0 aliphatic carbocycles. The van der Waals surface area contributed by atoms with Gasteiger partial charge < -0.3 is 19.7 Å². The molecule has 0 radical (unpaired) electrons. The Bertz CT molecular complexity index is 1760. The first-order valence-corrected chi connectivity index (χ1v) is 13.8. The third-order valence-corrected chi connectivity index (χ3v) is 8.84. The summed E-state index contributed by atoms with van der Waals surface area (Å²) in [5.41, 5.74) is 2.57. The number of hydrogen-bond donors (Lipinski definition) is 1. The zero-order valence-electron chi connectivity index (χ0n) is 23.1. The molecule has 7 heteroatoms. The second-order valence-electron chi connectivity index (χ2n) is 10.7. The smallest absolute Gasteiger partial charge is 0.238 e. The molecule has 1 fully saturated rings. The topological polar surface area (TPSA) is 84.9 Å². The summed E-state index contributed by atoms with van der Waals surface area (Å²) in [6.07, 6.45) is 3.96. The molecule has 4 aromatic rings. The lowest BCUT2D eigenvalue weighted by atomic mass is 9.64. The van der Waals surface area contributed by atoms with Gasteiger partial charge in [0, 0.05) is 22.5 Å². The van der Waals surface area contributed by atoms with E-state index in [-0.39, 0.29) is 17.5 Å². The average molecular weight is 557 g/mol. The Kier molecular flexibility index (Phi) is 5.97. The van der Waals surface area contributed by atoms with Gasteiger partial charge in [-0.3, -0.25) is 14.4 Å². The van der Waals surface area contributed by atoms with Gasteiger partial charge in [-0.25, -0.2) is 0 Å². The molecule has 0 bridgehead atoms. The van der Waals surface area contributed by atoms with Crippen LogP contribution >= 0.6 is 0 Å². The van der Waals surface area contributed by atoms with Crippen molar-refractivity contribution in [2.45, 2.75) is 17.5 Å². The fourth-order valence-electron chi connectivity index (χ4n) is 6.98. The van der Waals surface area contributed by atoms with E-state index < -0.39 is 23.4 Å². The summed E-state index contributed by atoms with van der Waals surface area (Å²) >= 11 is 0. The third kappa shape index (κ3) is 3.56. The lowest BCUT2D eigenvalue weighted by Gasteiger charge is -2.37. The first kappa shape index (κ1) is 25.8. The van der Waals surface area contributed by atoms with Crippen LogP contribution in [0.25, 0.3) is 6.08 Å². The van der Waals surface area contributed by atoms with Gasteiger partial charge in [0.25, 0.3) is 0 Å². The Morgan fingerprint density at radius 3 is 2.02 bits per heavy atom.